The molecule has 1 aliphatic rings. The lowest BCUT2D eigenvalue weighted by Crippen LogP contribution is -2.40. The minimum atomic E-state index is -3.51. The SMILES string of the molecule is COc1ccc(S(=O)(=O)N2CCCC(C=O)C2)cc1. The van der Waals surface area contributed by atoms with Crippen LogP contribution in [0.25, 0.3) is 0 Å². The highest BCUT2D eigenvalue weighted by Gasteiger charge is 2.29. The van der Waals surface area contributed by atoms with Crippen LogP contribution in [-0.2, 0) is 14.8 Å². The molecular weight excluding hydrogens is 266 g/mol. The van der Waals surface area contributed by atoms with Crippen LogP contribution in [0.1, 0.15) is 12.8 Å². The lowest BCUT2D eigenvalue weighted by atomic mass is 10.0. The number of hydrogen-bond donors (Lipinski definition) is 0. The lowest BCUT2D eigenvalue weighted by molar-refractivity contribution is -0.112. The molecule has 0 N–H and O–H groups in total. The van der Waals surface area contributed by atoms with E-state index in [1.807, 2.05) is 0 Å². The molecule has 5 nitrogen and oxygen atoms in total. The number of ether oxygens (including phenoxy) is 1. The first-order chi connectivity index (χ1) is 9.07. The molecule has 1 aromatic rings. The van der Waals surface area contributed by atoms with Crippen molar-refractivity contribution in [2.45, 2.75) is 17.7 Å². The number of piperidine rings is 1. The van der Waals surface area contributed by atoms with Crippen molar-refractivity contribution in [3.05, 3.63) is 24.3 Å². The van der Waals surface area contributed by atoms with Crippen molar-refractivity contribution in [1.29, 1.82) is 0 Å². The summed E-state index contributed by atoms with van der Waals surface area (Å²) in [5, 5.41) is 0. The van der Waals surface area contributed by atoms with Gasteiger partial charge in [0.25, 0.3) is 0 Å². The van der Waals surface area contributed by atoms with E-state index in [1.165, 1.54) is 23.5 Å². The molecule has 0 amide bonds. The van der Waals surface area contributed by atoms with E-state index in [0.717, 1.165) is 19.1 Å². The Kier molecular flexibility index (Phi) is 4.21. The van der Waals surface area contributed by atoms with Crippen LogP contribution in [0.3, 0.4) is 0 Å². The average Bonchev–Trinajstić information content (AvgIpc) is 2.47. The first-order valence-corrected chi connectivity index (χ1v) is 7.61. The Morgan fingerprint density at radius 3 is 2.58 bits per heavy atom. The van der Waals surface area contributed by atoms with Gasteiger partial charge in [0.05, 0.1) is 12.0 Å². The molecule has 0 aliphatic carbocycles. The van der Waals surface area contributed by atoms with Crippen molar-refractivity contribution < 1.29 is 17.9 Å². The van der Waals surface area contributed by atoms with E-state index < -0.39 is 10.0 Å². The molecule has 1 fully saturated rings. The van der Waals surface area contributed by atoms with Gasteiger partial charge in [-0.3, -0.25) is 0 Å². The third-order valence-corrected chi connectivity index (χ3v) is 5.19. The number of sulfonamides is 1. The van der Waals surface area contributed by atoms with Gasteiger partial charge in [0.1, 0.15) is 12.0 Å². The highest BCUT2D eigenvalue weighted by Crippen LogP contribution is 2.24. The van der Waals surface area contributed by atoms with Crippen LogP contribution in [-0.4, -0.2) is 39.2 Å². The Bertz CT molecular complexity index is 538. The van der Waals surface area contributed by atoms with E-state index >= 15 is 0 Å². The van der Waals surface area contributed by atoms with Gasteiger partial charge in [-0.25, -0.2) is 8.42 Å². The van der Waals surface area contributed by atoms with Crippen LogP contribution >= 0.6 is 0 Å². The van der Waals surface area contributed by atoms with Crippen molar-refractivity contribution in [3.63, 3.8) is 0 Å². The van der Waals surface area contributed by atoms with E-state index in [9.17, 15) is 13.2 Å². The Labute approximate surface area is 113 Å². The number of rotatable bonds is 4. The first kappa shape index (κ1) is 14.0. The van der Waals surface area contributed by atoms with E-state index in [2.05, 4.69) is 0 Å². The highest BCUT2D eigenvalue weighted by molar-refractivity contribution is 7.89. The maximum absolute atomic E-state index is 12.4. The molecule has 0 radical (unpaired) electrons. The van der Waals surface area contributed by atoms with Gasteiger partial charge in [-0.2, -0.15) is 4.31 Å². The standard InChI is InChI=1S/C13H17NO4S/c1-18-12-4-6-13(7-5-12)19(16,17)14-8-2-3-11(9-14)10-15/h4-7,10-11H,2-3,8-9H2,1H3. The van der Waals surface area contributed by atoms with E-state index in [-0.39, 0.29) is 17.4 Å². The van der Waals surface area contributed by atoms with Crippen molar-refractivity contribution >= 4 is 16.3 Å². The Balaban J connectivity index is 2.23. The molecule has 0 bridgehead atoms. The predicted molar refractivity (Wildman–Crippen MR) is 70.5 cm³/mol. The molecule has 0 aromatic heterocycles. The zero-order chi connectivity index (χ0) is 13.9. The van der Waals surface area contributed by atoms with Gasteiger partial charge < -0.3 is 9.53 Å². The largest absolute Gasteiger partial charge is 0.497 e. The zero-order valence-corrected chi connectivity index (χ0v) is 11.6. The average molecular weight is 283 g/mol. The van der Waals surface area contributed by atoms with Crippen LogP contribution in [0.4, 0.5) is 0 Å². The number of hydrogen-bond acceptors (Lipinski definition) is 4. The predicted octanol–water partition coefficient (Wildman–Crippen LogP) is 1.29. The van der Waals surface area contributed by atoms with Crippen molar-refractivity contribution in [2.75, 3.05) is 20.2 Å². The molecule has 0 saturated carbocycles. The van der Waals surface area contributed by atoms with Crippen LogP contribution in [0.2, 0.25) is 0 Å². The minimum absolute atomic E-state index is 0.193. The van der Waals surface area contributed by atoms with Crippen molar-refractivity contribution in [3.8, 4) is 5.75 Å². The number of aldehydes is 1. The molecule has 19 heavy (non-hydrogen) atoms. The topological polar surface area (TPSA) is 63.7 Å². The zero-order valence-electron chi connectivity index (χ0n) is 10.8. The molecule has 2 rings (SSSR count). The van der Waals surface area contributed by atoms with Crippen LogP contribution in [0, 0.1) is 5.92 Å². The number of nitrogens with zero attached hydrogens (tertiary/aromatic N) is 1. The summed E-state index contributed by atoms with van der Waals surface area (Å²) in [5.41, 5.74) is 0. The lowest BCUT2D eigenvalue weighted by Gasteiger charge is -2.29. The number of carbonyl (C=O) groups is 1. The number of methoxy groups -OCH3 is 1. The summed E-state index contributed by atoms with van der Waals surface area (Å²) in [6.45, 7) is 0.747. The van der Waals surface area contributed by atoms with Crippen LogP contribution in [0.5, 0.6) is 5.75 Å². The fraction of sp³-hybridized carbons (Fsp3) is 0.462. The smallest absolute Gasteiger partial charge is 0.243 e. The van der Waals surface area contributed by atoms with Gasteiger partial charge in [0.15, 0.2) is 0 Å². The molecule has 6 heteroatoms. The fourth-order valence-corrected chi connectivity index (χ4v) is 3.74. The second kappa shape index (κ2) is 5.71. The molecule has 0 spiro atoms. The van der Waals surface area contributed by atoms with Gasteiger partial charge >= 0.3 is 0 Å². The summed E-state index contributed by atoms with van der Waals surface area (Å²) in [6.07, 6.45) is 2.33. The van der Waals surface area contributed by atoms with E-state index in [4.69, 9.17) is 4.74 Å². The van der Waals surface area contributed by atoms with E-state index in [1.54, 1.807) is 12.1 Å². The summed E-state index contributed by atoms with van der Waals surface area (Å²) in [7, 11) is -1.98. The van der Waals surface area contributed by atoms with Gasteiger partial charge in [-0.15, -0.1) is 0 Å². The second-order valence-electron chi connectivity index (χ2n) is 4.58. The second-order valence-corrected chi connectivity index (χ2v) is 6.51. The summed E-state index contributed by atoms with van der Waals surface area (Å²) in [6, 6.07) is 6.29. The minimum Gasteiger partial charge on any atom is -0.497 e. The van der Waals surface area contributed by atoms with Crippen molar-refractivity contribution in [2.24, 2.45) is 5.92 Å². The molecule has 1 atom stereocenters. The van der Waals surface area contributed by atoms with E-state index in [0.29, 0.717) is 12.3 Å². The van der Waals surface area contributed by atoms with Gasteiger partial charge in [-0.05, 0) is 37.1 Å². The van der Waals surface area contributed by atoms with Crippen LogP contribution in [0.15, 0.2) is 29.2 Å². The molecule has 104 valence electrons. The normalized spacial score (nSPS) is 21.0. The summed E-state index contributed by atoms with van der Waals surface area (Å²) in [5.74, 6) is 0.421. The third-order valence-electron chi connectivity index (χ3n) is 3.31. The molecule has 1 saturated heterocycles. The molecular formula is C13H17NO4S. The molecule has 1 heterocycles. The highest BCUT2D eigenvalue weighted by atomic mass is 32.2. The molecule has 1 aliphatic heterocycles. The number of benzene rings is 1. The Hall–Kier alpha value is -1.40. The van der Waals surface area contributed by atoms with Gasteiger partial charge in [-0.1, -0.05) is 0 Å². The summed E-state index contributed by atoms with van der Waals surface area (Å²) < 4.78 is 31.2. The number of carbonyl (C=O) groups excluding carboxylic acids is 1. The maximum Gasteiger partial charge on any atom is 0.243 e. The summed E-state index contributed by atoms with van der Waals surface area (Å²) in [4.78, 5) is 11.1. The maximum atomic E-state index is 12.4. The third kappa shape index (κ3) is 2.96. The fourth-order valence-electron chi connectivity index (χ4n) is 2.20. The Morgan fingerprint density at radius 2 is 2.00 bits per heavy atom. The van der Waals surface area contributed by atoms with Crippen molar-refractivity contribution in [1.82, 2.24) is 4.31 Å². The van der Waals surface area contributed by atoms with Gasteiger partial charge in [0.2, 0.25) is 10.0 Å². The summed E-state index contributed by atoms with van der Waals surface area (Å²) >= 11 is 0. The Morgan fingerprint density at radius 1 is 1.32 bits per heavy atom. The monoisotopic (exact) mass is 283 g/mol. The molecule has 1 unspecified atom stereocenters. The quantitative estimate of drug-likeness (QED) is 0.781. The van der Waals surface area contributed by atoms with Gasteiger partial charge in [0, 0.05) is 19.0 Å². The van der Waals surface area contributed by atoms with Crippen LogP contribution < -0.4 is 4.74 Å². The first-order valence-electron chi connectivity index (χ1n) is 6.17. The molecule has 1 aromatic carbocycles.